The Morgan fingerprint density at radius 2 is 0.803 bits per heavy atom. The molecule has 71 heavy (non-hydrogen) atoms. The number of phosphoric acid groups is 1. The van der Waals surface area contributed by atoms with Gasteiger partial charge in [-0.3, -0.25) is 9.36 Å². The molecule has 0 aromatic carbocycles. The van der Waals surface area contributed by atoms with Crippen LogP contribution in [0.5, 0.6) is 0 Å². The zero-order chi connectivity index (χ0) is 52.0. The fraction of sp³-hybridized carbons (Fsp3) is 0.855. The average molecular weight is 1020 g/mol. The zero-order valence-electron chi connectivity index (χ0n) is 47.7. The van der Waals surface area contributed by atoms with E-state index in [-0.39, 0.29) is 12.5 Å². The molecule has 0 rings (SSSR count). The molecule has 0 saturated carbocycles. The number of amides is 1. The monoisotopic (exact) mass is 1020 g/mol. The van der Waals surface area contributed by atoms with Crippen molar-refractivity contribution in [3.8, 4) is 0 Å². The maximum absolute atomic E-state index is 12.9. The van der Waals surface area contributed by atoms with Gasteiger partial charge in [-0.1, -0.05) is 268 Å². The highest BCUT2D eigenvalue weighted by Gasteiger charge is 2.23. The summed E-state index contributed by atoms with van der Waals surface area (Å²) < 4.78 is 23.3. The molecule has 8 nitrogen and oxygen atoms in total. The Morgan fingerprint density at radius 3 is 1.18 bits per heavy atom. The van der Waals surface area contributed by atoms with Gasteiger partial charge >= 0.3 is 0 Å². The van der Waals surface area contributed by atoms with Crippen LogP contribution < -0.4 is 10.2 Å². The second-order valence-corrected chi connectivity index (χ2v) is 23.4. The van der Waals surface area contributed by atoms with Gasteiger partial charge in [-0.2, -0.15) is 0 Å². The van der Waals surface area contributed by atoms with Gasteiger partial charge in [0, 0.05) is 6.42 Å². The van der Waals surface area contributed by atoms with E-state index in [9.17, 15) is 19.4 Å². The van der Waals surface area contributed by atoms with E-state index in [1.54, 1.807) is 6.08 Å². The molecule has 3 unspecified atom stereocenters. The second-order valence-electron chi connectivity index (χ2n) is 22.0. The highest BCUT2D eigenvalue weighted by Crippen LogP contribution is 2.38. The lowest BCUT2D eigenvalue weighted by Crippen LogP contribution is -2.45. The molecule has 0 fully saturated rings. The van der Waals surface area contributed by atoms with Crippen molar-refractivity contribution in [3.63, 3.8) is 0 Å². The van der Waals surface area contributed by atoms with E-state index in [1.807, 2.05) is 27.2 Å². The summed E-state index contributed by atoms with van der Waals surface area (Å²) in [6.45, 7) is 4.59. The lowest BCUT2D eigenvalue weighted by atomic mass is 10.0. The smallest absolute Gasteiger partial charge is 0.268 e. The van der Waals surface area contributed by atoms with E-state index < -0.39 is 26.6 Å². The maximum Gasteiger partial charge on any atom is 0.268 e. The Labute approximate surface area is 441 Å². The average Bonchev–Trinajstić information content (AvgIpc) is 3.33. The second kappa shape index (κ2) is 53.3. The molecule has 418 valence electrons. The quantitative estimate of drug-likeness (QED) is 0.0272. The van der Waals surface area contributed by atoms with Crippen LogP contribution in [0.3, 0.4) is 0 Å². The molecular weight excluding hydrogens is 900 g/mol. The summed E-state index contributed by atoms with van der Waals surface area (Å²) in [7, 11) is 1.24. The molecule has 9 heteroatoms. The van der Waals surface area contributed by atoms with Crippen molar-refractivity contribution in [2.75, 3.05) is 40.9 Å². The van der Waals surface area contributed by atoms with Gasteiger partial charge in [-0.05, 0) is 64.2 Å². The summed E-state index contributed by atoms with van der Waals surface area (Å²) in [5, 5.41) is 13.8. The minimum absolute atomic E-state index is 0.00850. The van der Waals surface area contributed by atoms with Crippen LogP contribution in [0.1, 0.15) is 290 Å². The first-order valence-corrected chi connectivity index (χ1v) is 32.0. The first kappa shape index (κ1) is 69.5. The molecule has 1 amide bonds. The number of carbonyl (C=O) groups is 1. The number of carbonyl (C=O) groups excluding carboxylic acids is 1. The highest BCUT2D eigenvalue weighted by molar-refractivity contribution is 7.45. The topological polar surface area (TPSA) is 108 Å². The van der Waals surface area contributed by atoms with Gasteiger partial charge in [0.2, 0.25) is 5.91 Å². The van der Waals surface area contributed by atoms with Crippen molar-refractivity contribution in [1.82, 2.24) is 5.32 Å². The zero-order valence-corrected chi connectivity index (χ0v) is 48.6. The standard InChI is InChI=1S/C62H119N2O6P/c1-6-8-10-12-14-16-18-20-21-22-23-24-25-26-27-28-29-30-31-32-33-34-35-36-37-38-39-40-41-42-43-44-46-48-50-52-54-56-62(66)63-60(59-70-71(67,68)69-58-57-64(3,4)5)61(65)55-53-51-49-47-45-19-17-15-13-11-9-7-2/h13,15,22-23,45,47,53,55,60-61,65H,6-12,14,16-21,24-44,46,48-52,54,56-59H2,1-5H3,(H-,63,66,67,68)/b15-13+,23-22-,47-45+,55-53+. The first-order chi connectivity index (χ1) is 34.5. The van der Waals surface area contributed by atoms with Crippen LogP contribution in [0.2, 0.25) is 0 Å². The Morgan fingerprint density at radius 1 is 0.479 bits per heavy atom. The van der Waals surface area contributed by atoms with Gasteiger partial charge in [0.25, 0.3) is 7.82 Å². The van der Waals surface area contributed by atoms with Crippen LogP contribution >= 0.6 is 7.82 Å². The number of rotatable bonds is 56. The van der Waals surface area contributed by atoms with E-state index in [2.05, 4.69) is 55.6 Å². The van der Waals surface area contributed by atoms with Crippen molar-refractivity contribution in [1.29, 1.82) is 0 Å². The van der Waals surface area contributed by atoms with E-state index in [0.717, 1.165) is 51.4 Å². The molecule has 2 N–H and O–H groups in total. The number of nitrogens with one attached hydrogen (secondary N) is 1. The number of nitrogens with zero attached hydrogens (tertiary/aromatic N) is 1. The number of unbranched alkanes of at least 4 members (excludes halogenated alkanes) is 37. The van der Waals surface area contributed by atoms with Crippen molar-refractivity contribution in [3.05, 3.63) is 48.6 Å². The van der Waals surface area contributed by atoms with E-state index in [0.29, 0.717) is 17.4 Å². The fourth-order valence-electron chi connectivity index (χ4n) is 8.93. The summed E-state index contributed by atoms with van der Waals surface area (Å²) in [6, 6.07) is -0.908. The molecule has 3 atom stereocenters. The number of hydrogen-bond donors (Lipinski definition) is 2. The lowest BCUT2D eigenvalue weighted by Gasteiger charge is -2.29. The normalized spacial score (nSPS) is 14.2. The van der Waals surface area contributed by atoms with Crippen LogP contribution in [0.25, 0.3) is 0 Å². The number of allylic oxidation sites excluding steroid dienone is 7. The SMILES string of the molecule is CCCC/C=C/CC/C=C/CC/C=C/C(O)C(COP(=O)([O-])OCC[N+](C)(C)C)NC(=O)CCCCCCCCCCCCCCCCCCCCCCCCCCC/C=C\CCCCCCCCCC. The molecule has 0 aromatic rings. The summed E-state index contributed by atoms with van der Waals surface area (Å²) >= 11 is 0. The van der Waals surface area contributed by atoms with Crippen molar-refractivity contribution in [2.45, 2.75) is 302 Å². The predicted octanol–water partition coefficient (Wildman–Crippen LogP) is 18.1. The Balaban J connectivity index is 3.89. The fourth-order valence-corrected chi connectivity index (χ4v) is 9.66. The van der Waals surface area contributed by atoms with Crippen LogP contribution in [0.4, 0.5) is 0 Å². The predicted molar refractivity (Wildman–Crippen MR) is 307 cm³/mol. The van der Waals surface area contributed by atoms with Crippen molar-refractivity contribution >= 4 is 13.7 Å². The Bertz CT molecular complexity index is 1290. The lowest BCUT2D eigenvalue weighted by molar-refractivity contribution is -0.870. The molecule has 0 saturated heterocycles. The van der Waals surface area contributed by atoms with Gasteiger partial charge < -0.3 is 28.8 Å². The molecular formula is C62H119N2O6P. The molecule has 0 spiro atoms. The van der Waals surface area contributed by atoms with Gasteiger partial charge in [-0.25, -0.2) is 0 Å². The molecule has 0 aromatic heterocycles. The first-order valence-electron chi connectivity index (χ1n) is 30.5. The number of quaternary nitrogens is 1. The summed E-state index contributed by atoms with van der Waals surface area (Å²) in [4.78, 5) is 25.4. The van der Waals surface area contributed by atoms with Crippen LogP contribution in [-0.4, -0.2) is 68.5 Å². The van der Waals surface area contributed by atoms with Crippen molar-refractivity contribution in [2.24, 2.45) is 0 Å². The molecule has 0 bridgehead atoms. The summed E-state index contributed by atoms with van der Waals surface area (Å²) in [6.07, 6.45) is 71.0. The number of likely N-dealkylation sites (N-methyl/N-ethyl adjacent to an activating group) is 1. The molecule has 0 heterocycles. The van der Waals surface area contributed by atoms with Crippen LogP contribution in [0, 0.1) is 0 Å². The third-order valence-corrected chi connectivity index (χ3v) is 14.7. The van der Waals surface area contributed by atoms with Crippen LogP contribution in [-0.2, 0) is 18.4 Å². The van der Waals surface area contributed by atoms with Crippen molar-refractivity contribution < 1.29 is 32.9 Å². The van der Waals surface area contributed by atoms with E-state index in [4.69, 9.17) is 9.05 Å². The van der Waals surface area contributed by atoms with Gasteiger partial charge in [0.05, 0.1) is 39.9 Å². The molecule has 0 radical (unpaired) electrons. The van der Waals surface area contributed by atoms with Gasteiger partial charge in [0.1, 0.15) is 13.2 Å². The number of phosphoric ester groups is 1. The Kier molecular flexibility index (Phi) is 52.1. The minimum Gasteiger partial charge on any atom is -0.756 e. The van der Waals surface area contributed by atoms with Gasteiger partial charge in [0.15, 0.2) is 0 Å². The molecule has 0 aliphatic rings. The van der Waals surface area contributed by atoms with E-state index in [1.165, 1.54) is 218 Å². The largest absolute Gasteiger partial charge is 0.756 e. The Hall–Kier alpha value is -1.54. The number of hydrogen-bond acceptors (Lipinski definition) is 6. The molecule has 0 aliphatic carbocycles. The minimum atomic E-state index is -4.60. The van der Waals surface area contributed by atoms with Crippen LogP contribution in [0.15, 0.2) is 48.6 Å². The highest BCUT2D eigenvalue weighted by atomic mass is 31.2. The van der Waals surface area contributed by atoms with E-state index >= 15 is 0 Å². The van der Waals surface area contributed by atoms with Gasteiger partial charge in [-0.15, -0.1) is 0 Å². The summed E-state index contributed by atoms with van der Waals surface area (Å²) in [5.41, 5.74) is 0. The maximum atomic E-state index is 12.9. The number of aliphatic hydroxyl groups is 1. The number of aliphatic hydroxyl groups excluding tert-OH is 1. The molecule has 0 aliphatic heterocycles. The third-order valence-electron chi connectivity index (χ3n) is 13.7. The summed E-state index contributed by atoms with van der Waals surface area (Å²) in [5.74, 6) is -0.209. The third kappa shape index (κ3) is 56.0.